The van der Waals surface area contributed by atoms with Crippen molar-refractivity contribution in [3.63, 3.8) is 0 Å². The molecule has 0 aliphatic heterocycles. The van der Waals surface area contributed by atoms with Crippen molar-refractivity contribution in [1.29, 1.82) is 0 Å². The average Bonchev–Trinajstić information content (AvgIpc) is 3.52. The van der Waals surface area contributed by atoms with Gasteiger partial charge in [-0.25, -0.2) is 20.1 Å². The summed E-state index contributed by atoms with van der Waals surface area (Å²) in [6.07, 6.45) is 3.89. The van der Waals surface area contributed by atoms with E-state index in [4.69, 9.17) is 32.7 Å². The van der Waals surface area contributed by atoms with E-state index in [9.17, 15) is 9.59 Å². The number of benzene rings is 2. The lowest BCUT2D eigenvalue weighted by Gasteiger charge is -2.19. The highest BCUT2D eigenvalue weighted by molar-refractivity contribution is 6.31. The predicted octanol–water partition coefficient (Wildman–Crippen LogP) is 4.64. The Hall–Kier alpha value is -3.82. The fourth-order valence-electron chi connectivity index (χ4n) is 4.41. The smallest absolute Gasteiger partial charge is 0.341 e. The minimum atomic E-state index is -0.608. The predicted molar refractivity (Wildman–Crippen MR) is 146 cm³/mol. The van der Waals surface area contributed by atoms with Gasteiger partial charge in [-0.3, -0.25) is 0 Å². The van der Waals surface area contributed by atoms with Crippen molar-refractivity contribution < 1.29 is 19.1 Å². The van der Waals surface area contributed by atoms with Crippen LogP contribution in [0.1, 0.15) is 59.5 Å². The first-order chi connectivity index (χ1) is 17.9. The maximum atomic E-state index is 12.6. The molecule has 1 saturated carbocycles. The van der Waals surface area contributed by atoms with E-state index in [1.165, 1.54) is 18.3 Å². The van der Waals surface area contributed by atoms with Crippen molar-refractivity contribution in [2.45, 2.75) is 38.7 Å². The number of methoxy groups -OCH3 is 1. The molecule has 3 aromatic rings. The number of hydrogen-bond donors (Lipinski definition) is 2. The summed E-state index contributed by atoms with van der Waals surface area (Å²) < 4.78 is 12.2. The third-order valence-electron chi connectivity index (χ3n) is 6.09. The lowest BCUT2D eigenvalue weighted by atomic mass is 10.0. The third kappa shape index (κ3) is 6.00. The van der Waals surface area contributed by atoms with Crippen LogP contribution in [-0.2, 0) is 9.47 Å². The normalized spacial score (nSPS) is 17.2. The Balaban J connectivity index is 1.75. The Labute approximate surface area is 226 Å². The highest BCUT2D eigenvalue weighted by Gasteiger charge is 2.45. The molecule has 9 nitrogen and oxygen atoms in total. The van der Waals surface area contributed by atoms with E-state index < -0.39 is 17.5 Å². The summed E-state index contributed by atoms with van der Waals surface area (Å²) in [5, 5.41) is 6.39. The number of allylic oxidation sites excluding steroid dienone is 1. The number of nitrogens with zero attached hydrogens (tertiary/aromatic N) is 3. The van der Waals surface area contributed by atoms with E-state index in [0.29, 0.717) is 33.2 Å². The number of hydrazine groups is 1. The van der Waals surface area contributed by atoms with Crippen molar-refractivity contribution >= 4 is 23.5 Å². The Bertz CT molecular complexity index is 1410. The molecule has 2 aromatic carbocycles. The van der Waals surface area contributed by atoms with Crippen molar-refractivity contribution in [2.75, 3.05) is 14.2 Å². The second kappa shape index (κ2) is 10.5. The van der Waals surface area contributed by atoms with Crippen LogP contribution in [0.5, 0.6) is 0 Å². The molecule has 1 aliphatic rings. The lowest BCUT2D eigenvalue weighted by Crippen LogP contribution is -2.23. The van der Waals surface area contributed by atoms with Gasteiger partial charge in [-0.2, -0.15) is 5.10 Å². The Morgan fingerprint density at radius 2 is 1.89 bits per heavy atom. The van der Waals surface area contributed by atoms with E-state index in [1.54, 1.807) is 48.3 Å². The van der Waals surface area contributed by atoms with Crippen LogP contribution in [0.2, 0.25) is 5.02 Å². The Kier molecular flexibility index (Phi) is 7.53. The maximum absolute atomic E-state index is 12.6. The summed E-state index contributed by atoms with van der Waals surface area (Å²) in [7, 11) is 3.03. The number of aromatic nitrogens is 2. The van der Waals surface area contributed by atoms with E-state index in [-0.39, 0.29) is 11.8 Å². The zero-order valence-electron chi connectivity index (χ0n) is 22.1. The second-order valence-corrected chi connectivity index (χ2v) is 10.8. The van der Waals surface area contributed by atoms with Crippen LogP contribution < -0.4 is 11.6 Å². The van der Waals surface area contributed by atoms with Crippen molar-refractivity contribution in [2.24, 2.45) is 17.5 Å². The van der Waals surface area contributed by atoms with Crippen LogP contribution in [0.4, 0.5) is 0 Å². The summed E-state index contributed by atoms with van der Waals surface area (Å²) in [6, 6.07) is 12.6. The molecule has 4 rings (SSSR count). The SMILES string of the molecule is COC(=O)c1cnn(-c2cc(Cl)cc(-c3cccc(C(=O)OC(C)(C)C)c3)c2)c1C1CC1/C(N)=C/N(C)N. The van der Waals surface area contributed by atoms with Crippen LogP contribution in [-0.4, -0.2) is 46.5 Å². The Morgan fingerprint density at radius 1 is 1.16 bits per heavy atom. The van der Waals surface area contributed by atoms with Crippen LogP contribution in [0.15, 0.2) is 60.6 Å². The molecule has 38 heavy (non-hydrogen) atoms. The van der Waals surface area contributed by atoms with Gasteiger partial charge in [0.2, 0.25) is 0 Å². The van der Waals surface area contributed by atoms with Gasteiger partial charge < -0.3 is 20.2 Å². The quantitative estimate of drug-likeness (QED) is 0.253. The minimum Gasteiger partial charge on any atom is -0.465 e. The topological polar surface area (TPSA) is 126 Å². The molecule has 10 heteroatoms. The number of nitrogens with two attached hydrogens (primary N) is 2. The third-order valence-corrected chi connectivity index (χ3v) is 6.31. The van der Waals surface area contributed by atoms with Gasteiger partial charge in [-0.05, 0) is 68.7 Å². The molecular weight excluding hydrogens is 506 g/mol. The number of carbonyl (C=O) groups excluding carboxylic acids is 2. The standard InChI is InChI=1S/C28H32ClN5O4/c1-28(2,3)38-26(35)17-8-6-7-16(9-17)18-10-19(29)12-20(11-18)34-25(23(14-32-34)27(36)37-5)22-13-21(22)24(30)15-33(4)31/h6-12,14-15,21-22H,13,30-31H2,1-5H3/b24-15-. The number of hydrogen-bond acceptors (Lipinski definition) is 8. The highest BCUT2D eigenvalue weighted by atomic mass is 35.5. The van der Waals surface area contributed by atoms with Gasteiger partial charge >= 0.3 is 11.9 Å². The summed E-state index contributed by atoms with van der Waals surface area (Å²) in [5.41, 5.74) is 9.96. The molecule has 4 N–H and O–H groups in total. The van der Waals surface area contributed by atoms with Gasteiger partial charge in [-0.15, -0.1) is 0 Å². The number of halogens is 1. The van der Waals surface area contributed by atoms with E-state index in [2.05, 4.69) is 5.10 Å². The zero-order chi connectivity index (χ0) is 27.8. The van der Waals surface area contributed by atoms with Crippen LogP contribution >= 0.6 is 11.6 Å². The molecular formula is C28H32ClN5O4. The molecule has 2 atom stereocenters. The molecule has 0 amide bonds. The van der Waals surface area contributed by atoms with Crippen molar-refractivity contribution in [3.8, 4) is 16.8 Å². The Morgan fingerprint density at radius 3 is 2.55 bits per heavy atom. The average molecular weight is 538 g/mol. The highest BCUT2D eigenvalue weighted by Crippen LogP contribution is 2.52. The van der Waals surface area contributed by atoms with E-state index >= 15 is 0 Å². The van der Waals surface area contributed by atoms with Gasteiger partial charge in [0.15, 0.2) is 0 Å². The van der Waals surface area contributed by atoms with Crippen molar-refractivity contribution in [3.05, 3.63) is 82.4 Å². The molecule has 0 radical (unpaired) electrons. The molecule has 200 valence electrons. The van der Waals surface area contributed by atoms with Crippen LogP contribution in [0.3, 0.4) is 0 Å². The first-order valence-corrected chi connectivity index (χ1v) is 12.5. The van der Waals surface area contributed by atoms with Crippen LogP contribution in [0.25, 0.3) is 16.8 Å². The number of esters is 2. The summed E-state index contributed by atoms with van der Waals surface area (Å²) >= 11 is 6.55. The molecule has 1 fully saturated rings. The van der Waals surface area contributed by atoms with Gasteiger partial charge in [0.05, 0.1) is 30.3 Å². The zero-order valence-corrected chi connectivity index (χ0v) is 22.8. The van der Waals surface area contributed by atoms with Gasteiger partial charge in [0.1, 0.15) is 11.2 Å². The van der Waals surface area contributed by atoms with E-state index in [1.807, 2.05) is 32.9 Å². The summed E-state index contributed by atoms with van der Waals surface area (Å²) in [4.78, 5) is 25.2. The maximum Gasteiger partial charge on any atom is 0.341 e. The summed E-state index contributed by atoms with van der Waals surface area (Å²) in [5.74, 6) is 4.79. The number of ether oxygens (including phenoxy) is 2. The molecule has 0 bridgehead atoms. The second-order valence-electron chi connectivity index (χ2n) is 10.4. The first-order valence-electron chi connectivity index (χ1n) is 12.1. The number of carbonyl (C=O) groups is 2. The molecule has 0 spiro atoms. The van der Waals surface area contributed by atoms with Gasteiger partial charge in [0.25, 0.3) is 0 Å². The molecule has 1 heterocycles. The summed E-state index contributed by atoms with van der Waals surface area (Å²) in [6.45, 7) is 5.47. The van der Waals surface area contributed by atoms with E-state index in [0.717, 1.165) is 17.5 Å². The van der Waals surface area contributed by atoms with Gasteiger partial charge in [0, 0.05) is 35.8 Å². The molecule has 1 aromatic heterocycles. The molecule has 1 aliphatic carbocycles. The first kappa shape index (κ1) is 27.2. The number of rotatable bonds is 7. The lowest BCUT2D eigenvalue weighted by molar-refractivity contribution is 0.00693. The van der Waals surface area contributed by atoms with Gasteiger partial charge in [-0.1, -0.05) is 23.7 Å². The monoisotopic (exact) mass is 537 g/mol. The van der Waals surface area contributed by atoms with Crippen molar-refractivity contribution in [1.82, 2.24) is 14.8 Å². The van der Waals surface area contributed by atoms with Crippen LogP contribution in [0, 0.1) is 5.92 Å². The largest absolute Gasteiger partial charge is 0.465 e. The molecule has 2 unspecified atom stereocenters. The fraction of sp³-hybridized carbons (Fsp3) is 0.321. The molecule has 0 saturated heterocycles. The minimum absolute atomic E-state index is 0.00372. The fourth-order valence-corrected chi connectivity index (χ4v) is 4.64.